The molecule has 0 N–H and O–H groups in total. The van der Waals surface area contributed by atoms with Crippen LogP contribution in [-0.4, -0.2) is 4.21 Å². The third kappa shape index (κ3) is 5.78. The third-order valence-corrected chi connectivity index (χ3v) is 27.3. The van der Waals surface area contributed by atoms with Crippen LogP contribution in [-0.2, 0) is 35.5 Å². The van der Waals surface area contributed by atoms with Crippen LogP contribution in [0.5, 0.6) is 0 Å². The van der Waals surface area contributed by atoms with E-state index in [1.807, 2.05) is 0 Å². The normalized spacial score (nSPS) is 14.3. The Kier molecular flexibility index (Phi) is 10.3. The zero-order valence-corrected chi connectivity index (χ0v) is 34.8. The van der Waals surface area contributed by atoms with Gasteiger partial charge in [0.2, 0.25) is 0 Å². The monoisotopic (exact) mass is 924 g/mol. The average Bonchev–Trinajstić information content (AvgIpc) is 3.60. The molecule has 0 saturated carbocycles. The zero-order valence-electron chi connectivity index (χ0n) is 26.4. The Morgan fingerprint density at radius 2 is 1.25 bits per heavy atom. The molecular weight excluding hydrogens is 884 g/mol. The third-order valence-electron chi connectivity index (χ3n) is 9.75. The topological polar surface area (TPSA) is 0 Å². The summed E-state index contributed by atoms with van der Waals surface area (Å²) < 4.78 is 14.1. The molecule has 0 bridgehead atoms. The summed E-state index contributed by atoms with van der Waals surface area (Å²) in [4.78, 5) is 0. The fraction of sp³-hybridized carbons (Fsp3) is 0.256. The molecule has 0 aliphatic heterocycles. The van der Waals surface area contributed by atoms with Gasteiger partial charge in [-0.3, -0.25) is 0 Å². The van der Waals surface area contributed by atoms with Crippen LogP contribution < -0.4 is 9.81 Å². The van der Waals surface area contributed by atoms with Gasteiger partial charge in [-0.05, 0) is 0 Å². The summed E-state index contributed by atoms with van der Waals surface area (Å²) in [6.45, 7) is 14.0. The van der Waals surface area contributed by atoms with Crippen LogP contribution in [0, 0.1) is 7.14 Å². The first-order valence-corrected chi connectivity index (χ1v) is 23.8. The molecule has 2 aliphatic rings. The van der Waals surface area contributed by atoms with Crippen molar-refractivity contribution in [3.8, 4) is 11.1 Å². The minimum atomic E-state index is -4.76. The van der Waals surface area contributed by atoms with Crippen LogP contribution in [0.3, 0.4) is 0 Å². The molecule has 0 atom stereocenters. The van der Waals surface area contributed by atoms with Gasteiger partial charge in [0.25, 0.3) is 0 Å². The molecule has 0 amide bonds. The van der Waals surface area contributed by atoms with E-state index in [0.717, 1.165) is 12.8 Å². The fourth-order valence-corrected chi connectivity index (χ4v) is 25.3. The van der Waals surface area contributed by atoms with E-state index in [0.29, 0.717) is 0 Å². The van der Waals surface area contributed by atoms with Crippen molar-refractivity contribution in [2.75, 3.05) is 0 Å². The molecule has 0 saturated heterocycles. The van der Waals surface area contributed by atoms with Crippen molar-refractivity contribution in [3.05, 3.63) is 130 Å². The molecular formula is C39H42Cl2I2Zr. The van der Waals surface area contributed by atoms with Crippen molar-refractivity contribution in [2.24, 2.45) is 0 Å². The van der Waals surface area contributed by atoms with Gasteiger partial charge in [0.1, 0.15) is 0 Å². The summed E-state index contributed by atoms with van der Waals surface area (Å²) in [5.41, 5.74) is 8.67. The molecule has 0 unspecified atom stereocenters. The van der Waals surface area contributed by atoms with Gasteiger partial charge in [-0.25, -0.2) is 0 Å². The van der Waals surface area contributed by atoms with Gasteiger partial charge in [0, 0.05) is 0 Å². The van der Waals surface area contributed by atoms with E-state index >= 15 is 0 Å². The fourth-order valence-electron chi connectivity index (χ4n) is 7.21. The molecule has 230 valence electrons. The summed E-state index contributed by atoms with van der Waals surface area (Å²) in [6.07, 6.45) is 8.96. The summed E-state index contributed by atoms with van der Waals surface area (Å²) in [6, 6.07) is 31.0. The van der Waals surface area contributed by atoms with Crippen molar-refractivity contribution >= 4 is 84.0 Å². The Labute approximate surface area is 304 Å². The summed E-state index contributed by atoms with van der Waals surface area (Å²) >= 11 is 0.239. The number of allylic oxidation sites excluding steroid dienone is 4. The molecule has 0 radical (unpaired) electrons. The van der Waals surface area contributed by atoms with Crippen molar-refractivity contribution < 1.29 is 18.3 Å². The molecule has 0 aromatic heterocycles. The van der Waals surface area contributed by atoms with Crippen molar-refractivity contribution in [2.45, 2.75) is 65.2 Å². The van der Waals surface area contributed by atoms with Crippen molar-refractivity contribution in [1.82, 2.24) is 0 Å². The van der Waals surface area contributed by atoms with Gasteiger partial charge in [-0.15, -0.1) is 24.8 Å². The first-order valence-electron chi connectivity index (χ1n) is 14.9. The molecule has 0 heterocycles. The predicted molar refractivity (Wildman–Crippen MR) is 213 cm³/mol. The Morgan fingerprint density at radius 1 is 0.682 bits per heavy atom. The zero-order chi connectivity index (χ0) is 30.1. The van der Waals surface area contributed by atoms with Crippen LogP contribution >= 0.6 is 70.0 Å². The number of fused-ring (bicyclic) bond motifs is 3. The molecule has 4 aromatic rings. The van der Waals surface area contributed by atoms with Gasteiger partial charge in [0.15, 0.2) is 0 Å². The quantitative estimate of drug-likeness (QED) is 0.158. The molecule has 0 fully saturated rings. The molecule has 0 spiro atoms. The van der Waals surface area contributed by atoms with E-state index in [9.17, 15) is 0 Å². The van der Waals surface area contributed by atoms with E-state index in [1.54, 1.807) is 0 Å². The number of rotatable bonds is 4. The second-order valence-corrected chi connectivity index (χ2v) is 29.8. The molecule has 5 heteroatoms. The number of benzene rings is 4. The van der Waals surface area contributed by atoms with Crippen LogP contribution in [0.15, 0.2) is 100 Å². The van der Waals surface area contributed by atoms with Crippen LogP contribution in [0.25, 0.3) is 11.1 Å². The Hall–Kier alpha value is -0.847. The van der Waals surface area contributed by atoms with Gasteiger partial charge >= 0.3 is 284 Å². The maximum absolute atomic E-state index is 5.69. The predicted octanol–water partition coefficient (Wildman–Crippen LogP) is 10.1. The number of hydrogen-bond acceptors (Lipinski definition) is 0. The first-order chi connectivity index (χ1) is 19.7. The average molecular weight is 927 g/mol. The molecule has 6 rings (SSSR count). The molecule has 0 nitrogen and oxygen atoms in total. The molecule has 4 aromatic carbocycles. The summed E-state index contributed by atoms with van der Waals surface area (Å²) in [7, 11) is 0. The van der Waals surface area contributed by atoms with Gasteiger partial charge in [-0.2, -0.15) is 0 Å². The van der Waals surface area contributed by atoms with Crippen LogP contribution in [0.1, 0.15) is 70.2 Å². The van der Waals surface area contributed by atoms with E-state index in [-0.39, 0.29) is 35.6 Å². The minimum absolute atomic E-state index is 0. The first kappa shape index (κ1) is 36.0. The Morgan fingerprint density at radius 3 is 1.75 bits per heavy atom. The van der Waals surface area contributed by atoms with E-state index in [4.69, 9.17) is 4.21 Å². The second-order valence-electron chi connectivity index (χ2n) is 14.4. The van der Waals surface area contributed by atoms with Crippen LogP contribution in [0.4, 0.5) is 0 Å². The molecule has 44 heavy (non-hydrogen) atoms. The number of halogens is 4. The second kappa shape index (κ2) is 12.6. The van der Waals surface area contributed by atoms with Crippen molar-refractivity contribution in [1.29, 1.82) is 0 Å². The van der Waals surface area contributed by atoms with Crippen LogP contribution in [0.2, 0.25) is 0 Å². The number of hydrogen-bond donors (Lipinski definition) is 0. The Balaban J connectivity index is 0.00000221. The standard InChI is InChI=1S/C21H25.2C6H4I.C5H5.CH2.2ClH.Zr/c1-20(2,3)16-9-7-14-11-15-8-10-17(21(4,5)6)13-19(15)18(14)12-16;2*7-6-4-2-1-3-5-6;1-2-4-5-3-1;;;;/h7,9-10,12-13H,11H2,1-6H3;2*1-2,4-5H;1-3H,4H2;1H2;2*1H;. The van der Waals surface area contributed by atoms with E-state index < -0.39 is 18.3 Å². The Bertz CT molecular complexity index is 1830. The van der Waals surface area contributed by atoms with E-state index in [2.05, 4.69) is 184 Å². The molecule has 2 aliphatic carbocycles. The SMILES string of the molecule is Cl.Cl.[CH2]=[Zr]([C]1=CC=CC1)([c]1cccc(I)c1)([c]1cccc(I)c1)[c]1cc(C(C)(C)C)cc2c1Cc1ccc(C(C)(C)C)cc1-2. The van der Waals surface area contributed by atoms with Gasteiger partial charge < -0.3 is 0 Å². The maximum atomic E-state index is 5.69. The summed E-state index contributed by atoms with van der Waals surface area (Å²) in [5, 5.41) is 0. The van der Waals surface area contributed by atoms with Crippen molar-refractivity contribution in [3.63, 3.8) is 0 Å². The van der Waals surface area contributed by atoms with E-state index in [1.165, 1.54) is 53.6 Å². The van der Waals surface area contributed by atoms with Gasteiger partial charge in [0.05, 0.1) is 0 Å². The van der Waals surface area contributed by atoms with Gasteiger partial charge in [-0.1, -0.05) is 0 Å². The summed E-state index contributed by atoms with van der Waals surface area (Å²) in [5.74, 6) is 0.